The highest BCUT2D eigenvalue weighted by atomic mass is 19.1. The maximum absolute atomic E-state index is 11.8. The average Bonchev–Trinajstić information content (AvgIpc) is 2.43. The Morgan fingerprint density at radius 3 is 1.47 bits per heavy atom. The predicted molar refractivity (Wildman–Crippen MR) is 85.4 cm³/mol. The van der Waals surface area contributed by atoms with E-state index in [2.05, 4.69) is 19.1 Å². The van der Waals surface area contributed by atoms with Crippen LogP contribution in [0.15, 0.2) is 12.2 Å². The van der Waals surface area contributed by atoms with Gasteiger partial charge in [0.25, 0.3) is 0 Å². The molecule has 0 aliphatic heterocycles. The molecule has 0 aromatic heterocycles. The molecule has 0 atom stereocenters. The molecule has 0 aliphatic rings. The largest absolute Gasteiger partial charge is 0.251 e. The lowest BCUT2D eigenvalue weighted by Gasteiger charge is -1.99. The van der Waals surface area contributed by atoms with E-state index >= 15 is 0 Å². The SMILES string of the molecule is CCCCCCCCC=CCCCCCCCCF. The van der Waals surface area contributed by atoms with E-state index in [4.69, 9.17) is 0 Å². The minimum Gasteiger partial charge on any atom is -0.251 e. The van der Waals surface area contributed by atoms with Gasteiger partial charge in [0.15, 0.2) is 0 Å². The fourth-order valence-electron chi connectivity index (χ4n) is 2.34. The summed E-state index contributed by atoms with van der Waals surface area (Å²) in [5.74, 6) is 0. The van der Waals surface area contributed by atoms with Crippen molar-refractivity contribution in [1.82, 2.24) is 0 Å². The van der Waals surface area contributed by atoms with Crippen molar-refractivity contribution in [2.24, 2.45) is 0 Å². The lowest BCUT2D eigenvalue weighted by atomic mass is 10.1. The molecule has 0 rings (SSSR count). The van der Waals surface area contributed by atoms with Crippen LogP contribution in [0.2, 0.25) is 0 Å². The summed E-state index contributed by atoms with van der Waals surface area (Å²) >= 11 is 0. The second-order valence-electron chi connectivity index (χ2n) is 5.63. The van der Waals surface area contributed by atoms with Crippen molar-refractivity contribution >= 4 is 0 Å². The van der Waals surface area contributed by atoms with E-state index < -0.39 is 0 Å². The Labute approximate surface area is 120 Å². The number of allylic oxidation sites excluding steroid dienone is 2. The molecule has 0 saturated carbocycles. The van der Waals surface area contributed by atoms with Crippen molar-refractivity contribution in [1.29, 1.82) is 0 Å². The van der Waals surface area contributed by atoms with E-state index in [1.54, 1.807) is 0 Å². The molecule has 0 aromatic rings. The maximum atomic E-state index is 11.8. The number of rotatable bonds is 15. The normalized spacial score (nSPS) is 11.5. The van der Waals surface area contributed by atoms with Gasteiger partial charge in [-0.05, 0) is 32.1 Å². The average molecular weight is 270 g/mol. The van der Waals surface area contributed by atoms with Crippen molar-refractivity contribution < 1.29 is 4.39 Å². The van der Waals surface area contributed by atoms with Crippen molar-refractivity contribution in [3.8, 4) is 0 Å². The molecule has 0 N–H and O–H groups in total. The van der Waals surface area contributed by atoms with Crippen molar-refractivity contribution in [2.75, 3.05) is 6.67 Å². The first kappa shape index (κ1) is 18.7. The van der Waals surface area contributed by atoms with Crippen LogP contribution < -0.4 is 0 Å². The summed E-state index contributed by atoms with van der Waals surface area (Å²) in [6.07, 6.45) is 22.5. The van der Waals surface area contributed by atoms with Crippen molar-refractivity contribution in [3.05, 3.63) is 12.2 Å². The molecule has 19 heavy (non-hydrogen) atoms. The van der Waals surface area contributed by atoms with Gasteiger partial charge in [0.05, 0.1) is 6.67 Å². The molecule has 0 aromatic carbocycles. The van der Waals surface area contributed by atoms with Crippen LogP contribution in [0.1, 0.15) is 96.8 Å². The molecule has 0 nitrogen and oxygen atoms in total. The zero-order valence-corrected chi connectivity index (χ0v) is 13.1. The highest BCUT2D eigenvalue weighted by Crippen LogP contribution is 2.09. The van der Waals surface area contributed by atoms with E-state index in [1.807, 2.05) is 0 Å². The summed E-state index contributed by atoms with van der Waals surface area (Å²) in [7, 11) is 0. The van der Waals surface area contributed by atoms with Gasteiger partial charge in [-0.25, -0.2) is 0 Å². The first-order valence-electron chi connectivity index (χ1n) is 8.62. The second-order valence-corrected chi connectivity index (χ2v) is 5.63. The summed E-state index contributed by atoms with van der Waals surface area (Å²) in [4.78, 5) is 0. The first-order valence-corrected chi connectivity index (χ1v) is 8.62. The van der Waals surface area contributed by atoms with Crippen molar-refractivity contribution in [2.45, 2.75) is 96.8 Å². The minimum atomic E-state index is -0.138. The summed E-state index contributed by atoms with van der Waals surface area (Å²) in [6.45, 7) is 2.13. The van der Waals surface area contributed by atoms with E-state index in [0.717, 1.165) is 12.8 Å². The summed E-state index contributed by atoms with van der Waals surface area (Å²) in [5.41, 5.74) is 0. The Morgan fingerprint density at radius 1 is 0.579 bits per heavy atom. The van der Waals surface area contributed by atoms with Gasteiger partial charge in [0, 0.05) is 0 Å². The van der Waals surface area contributed by atoms with E-state index in [9.17, 15) is 4.39 Å². The quantitative estimate of drug-likeness (QED) is 0.222. The van der Waals surface area contributed by atoms with Crippen LogP contribution in [0.5, 0.6) is 0 Å². The van der Waals surface area contributed by atoms with Crippen LogP contribution >= 0.6 is 0 Å². The van der Waals surface area contributed by atoms with E-state index in [1.165, 1.54) is 77.0 Å². The van der Waals surface area contributed by atoms with Gasteiger partial charge in [0.1, 0.15) is 0 Å². The molecule has 1 heteroatoms. The molecular formula is C18H35F. The molecule has 0 saturated heterocycles. The highest BCUT2D eigenvalue weighted by Gasteiger charge is 1.90. The zero-order valence-electron chi connectivity index (χ0n) is 13.1. The third-order valence-electron chi connectivity index (χ3n) is 3.65. The van der Waals surface area contributed by atoms with Crippen LogP contribution in [-0.4, -0.2) is 6.67 Å². The number of alkyl halides is 1. The van der Waals surface area contributed by atoms with Crippen LogP contribution in [0.25, 0.3) is 0 Å². The summed E-state index contributed by atoms with van der Waals surface area (Å²) in [6, 6.07) is 0. The summed E-state index contributed by atoms with van der Waals surface area (Å²) in [5, 5.41) is 0. The summed E-state index contributed by atoms with van der Waals surface area (Å²) < 4.78 is 11.8. The Morgan fingerprint density at radius 2 is 1.00 bits per heavy atom. The standard InChI is InChI=1S/C18H35F/c1-2-3-4-5-6-7-8-9-10-11-12-13-14-15-16-17-18-19/h9-10H,2-8,11-18H2,1H3. The molecule has 0 unspecified atom stereocenters. The zero-order chi connectivity index (χ0) is 14.0. The Kier molecular flexibility index (Phi) is 17.4. The minimum absolute atomic E-state index is 0.138. The van der Waals surface area contributed by atoms with Crippen molar-refractivity contribution in [3.63, 3.8) is 0 Å². The molecular weight excluding hydrogens is 235 g/mol. The van der Waals surface area contributed by atoms with Gasteiger partial charge >= 0.3 is 0 Å². The molecule has 0 heterocycles. The topological polar surface area (TPSA) is 0 Å². The van der Waals surface area contributed by atoms with Gasteiger partial charge in [-0.2, -0.15) is 0 Å². The van der Waals surface area contributed by atoms with E-state index in [0.29, 0.717) is 0 Å². The van der Waals surface area contributed by atoms with Gasteiger partial charge in [-0.15, -0.1) is 0 Å². The van der Waals surface area contributed by atoms with Gasteiger partial charge in [0.2, 0.25) is 0 Å². The Hall–Kier alpha value is -0.330. The monoisotopic (exact) mass is 270 g/mol. The predicted octanol–water partition coefficient (Wildman–Crippen LogP) is 6.99. The molecule has 0 bridgehead atoms. The highest BCUT2D eigenvalue weighted by molar-refractivity contribution is 4.81. The van der Waals surface area contributed by atoms with Gasteiger partial charge in [-0.1, -0.05) is 76.9 Å². The molecule has 0 fully saturated rings. The second kappa shape index (κ2) is 17.7. The van der Waals surface area contributed by atoms with Crippen LogP contribution in [-0.2, 0) is 0 Å². The molecule has 114 valence electrons. The molecule has 0 amide bonds. The lowest BCUT2D eigenvalue weighted by molar-refractivity contribution is 0.450. The number of hydrogen-bond donors (Lipinski definition) is 0. The Bertz CT molecular complexity index is 175. The molecule has 0 radical (unpaired) electrons. The van der Waals surface area contributed by atoms with Gasteiger partial charge < -0.3 is 0 Å². The van der Waals surface area contributed by atoms with E-state index in [-0.39, 0.29) is 6.67 Å². The third kappa shape index (κ3) is 17.7. The lowest BCUT2D eigenvalue weighted by Crippen LogP contribution is -1.81. The van der Waals surface area contributed by atoms with Crippen LogP contribution in [0.4, 0.5) is 4.39 Å². The van der Waals surface area contributed by atoms with Crippen LogP contribution in [0.3, 0.4) is 0 Å². The smallest absolute Gasteiger partial charge is 0.0894 e. The molecule has 0 spiro atoms. The number of hydrogen-bond acceptors (Lipinski definition) is 0. The first-order chi connectivity index (χ1) is 9.41. The molecule has 0 aliphatic carbocycles. The fraction of sp³-hybridized carbons (Fsp3) is 0.889. The fourth-order valence-corrected chi connectivity index (χ4v) is 2.34. The number of halogens is 1. The Balaban J connectivity index is 3.01. The van der Waals surface area contributed by atoms with Crippen LogP contribution in [0, 0.1) is 0 Å². The number of unbranched alkanes of at least 4 members (excludes halogenated alkanes) is 12. The van der Waals surface area contributed by atoms with Gasteiger partial charge in [-0.3, -0.25) is 4.39 Å². The third-order valence-corrected chi connectivity index (χ3v) is 3.65. The maximum Gasteiger partial charge on any atom is 0.0894 e.